The molecule has 0 fully saturated rings. The van der Waals surface area contributed by atoms with Gasteiger partial charge >= 0.3 is 0 Å². The number of rotatable bonds is 1. The predicted molar refractivity (Wildman–Crippen MR) is 83.5 cm³/mol. The summed E-state index contributed by atoms with van der Waals surface area (Å²) in [6.45, 7) is 0. The molecule has 2 aromatic rings. The normalized spacial score (nSPS) is 19.6. The molecule has 0 spiro atoms. The highest BCUT2D eigenvalue weighted by atomic mass is 16.5. The van der Waals surface area contributed by atoms with E-state index in [0.29, 0.717) is 5.75 Å². The van der Waals surface area contributed by atoms with Crippen LogP contribution in [-0.2, 0) is 0 Å². The molecular weight excluding hydrogens is 262 g/mol. The zero-order valence-electron chi connectivity index (χ0n) is 11.7. The summed E-state index contributed by atoms with van der Waals surface area (Å²) in [5, 5.41) is 10.3. The van der Waals surface area contributed by atoms with Gasteiger partial charge in [-0.25, -0.2) is 0 Å². The van der Waals surface area contributed by atoms with Gasteiger partial charge in [0.05, 0.1) is 11.7 Å². The molecule has 0 saturated carbocycles. The summed E-state index contributed by atoms with van der Waals surface area (Å²) >= 11 is 0. The molecule has 2 aromatic carbocycles. The zero-order valence-corrected chi connectivity index (χ0v) is 11.7. The van der Waals surface area contributed by atoms with Crippen molar-refractivity contribution in [2.45, 2.75) is 25.3 Å². The number of phenolic OH excluding ortho intramolecular Hbond substituents is 1. The van der Waals surface area contributed by atoms with E-state index in [2.05, 4.69) is 17.1 Å². The van der Waals surface area contributed by atoms with E-state index in [4.69, 9.17) is 4.74 Å². The van der Waals surface area contributed by atoms with Crippen LogP contribution in [0.3, 0.4) is 0 Å². The van der Waals surface area contributed by atoms with Crippen LogP contribution < -0.4 is 9.64 Å². The van der Waals surface area contributed by atoms with Gasteiger partial charge in [0.15, 0.2) is 11.5 Å². The van der Waals surface area contributed by atoms with Gasteiger partial charge in [0.1, 0.15) is 11.4 Å². The summed E-state index contributed by atoms with van der Waals surface area (Å²) in [6, 6.07) is 13.7. The Labute approximate surface area is 124 Å². The second-order valence-corrected chi connectivity index (χ2v) is 5.49. The van der Waals surface area contributed by atoms with Crippen molar-refractivity contribution in [2.24, 2.45) is 0 Å². The van der Waals surface area contributed by atoms with Crippen molar-refractivity contribution in [1.29, 1.82) is 0 Å². The Morgan fingerprint density at radius 2 is 1.90 bits per heavy atom. The Morgan fingerprint density at radius 1 is 1.05 bits per heavy atom. The van der Waals surface area contributed by atoms with E-state index in [0.717, 1.165) is 30.0 Å². The smallest absolute Gasteiger partial charge is 0.155 e. The summed E-state index contributed by atoms with van der Waals surface area (Å²) in [5.41, 5.74) is 1.79. The van der Waals surface area contributed by atoms with Crippen molar-refractivity contribution in [2.75, 3.05) is 4.90 Å². The lowest BCUT2D eigenvalue weighted by Crippen LogP contribution is -2.32. The first-order valence-corrected chi connectivity index (χ1v) is 7.39. The van der Waals surface area contributed by atoms with Gasteiger partial charge in [0.2, 0.25) is 0 Å². The van der Waals surface area contributed by atoms with Crippen LogP contribution in [0.1, 0.15) is 19.3 Å². The van der Waals surface area contributed by atoms with E-state index in [1.54, 1.807) is 6.07 Å². The highest BCUT2D eigenvalue weighted by molar-refractivity contribution is 5.82. The van der Waals surface area contributed by atoms with E-state index >= 15 is 0 Å². The molecule has 0 amide bonds. The molecule has 1 aliphatic carbocycles. The van der Waals surface area contributed by atoms with Gasteiger partial charge in [-0.3, -0.25) is 0 Å². The third-order valence-electron chi connectivity index (χ3n) is 4.12. The van der Waals surface area contributed by atoms with E-state index in [9.17, 15) is 5.11 Å². The molecular formula is C18H17NO2. The van der Waals surface area contributed by atoms with Crippen molar-refractivity contribution in [3.8, 4) is 17.2 Å². The maximum Gasteiger partial charge on any atom is 0.155 e. The third kappa shape index (κ3) is 1.97. The van der Waals surface area contributed by atoms with Crippen molar-refractivity contribution in [3.63, 3.8) is 0 Å². The van der Waals surface area contributed by atoms with E-state index in [-0.39, 0.29) is 11.8 Å². The average Bonchev–Trinajstić information content (AvgIpc) is 2.54. The number of phenols is 1. The first-order chi connectivity index (χ1) is 10.3. The first-order valence-electron chi connectivity index (χ1n) is 7.39. The molecule has 0 radical (unpaired) electrons. The van der Waals surface area contributed by atoms with Gasteiger partial charge in [-0.2, -0.15) is 0 Å². The molecule has 3 nitrogen and oxygen atoms in total. The zero-order chi connectivity index (χ0) is 14.2. The summed E-state index contributed by atoms with van der Waals surface area (Å²) in [6.07, 6.45) is 7.85. The fourth-order valence-corrected chi connectivity index (χ4v) is 3.17. The highest BCUT2D eigenvalue weighted by Crippen LogP contribution is 2.51. The van der Waals surface area contributed by atoms with Crippen LogP contribution in [0.2, 0.25) is 0 Å². The Morgan fingerprint density at radius 3 is 2.76 bits per heavy atom. The number of nitrogens with zero attached hydrogens (tertiary/aromatic N) is 1. The topological polar surface area (TPSA) is 32.7 Å². The molecule has 106 valence electrons. The van der Waals surface area contributed by atoms with Crippen LogP contribution >= 0.6 is 0 Å². The van der Waals surface area contributed by atoms with Gasteiger partial charge in [-0.15, -0.1) is 0 Å². The molecule has 0 aromatic heterocycles. The number of ether oxygens (including phenoxy) is 1. The maximum absolute atomic E-state index is 10.3. The molecule has 1 aliphatic heterocycles. The van der Waals surface area contributed by atoms with E-state index in [1.807, 2.05) is 36.4 Å². The highest BCUT2D eigenvalue weighted by Gasteiger charge is 2.31. The molecule has 3 heteroatoms. The number of benzene rings is 2. The lowest BCUT2D eigenvalue weighted by Gasteiger charge is -2.38. The fraction of sp³-hybridized carbons (Fsp3) is 0.222. The lowest BCUT2D eigenvalue weighted by molar-refractivity contribution is 0.441. The largest absolute Gasteiger partial charge is 0.506 e. The fourth-order valence-electron chi connectivity index (χ4n) is 3.17. The van der Waals surface area contributed by atoms with Crippen molar-refractivity contribution in [3.05, 3.63) is 54.6 Å². The summed E-state index contributed by atoms with van der Waals surface area (Å²) < 4.78 is 5.95. The number of aromatic hydroxyl groups is 1. The van der Waals surface area contributed by atoms with Crippen LogP contribution in [-0.4, -0.2) is 11.1 Å². The summed E-state index contributed by atoms with van der Waals surface area (Å²) in [7, 11) is 0. The van der Waals surface area contributed by atoms with Gasteiger partial charge in [-0.1, -0.05) is 30.4 Å². The second-order valence-electron chi connectivity index (χ2n) is 5.49. The Bertz CT molecular complexity index is 708. The molecule has 1 unspecified atom stereocenters. The van der Waals surface area contributed by atoms with E-state index < -0.39 is 0 Å². The molecule has 1 heterocycles. The van der Waals surface area contributed by atoms with Crippen LogP contribution in [0.5, 0.6) is 17.2 Å². The number of para-hydroxylation sites is 3. The number of fused-ring (bicyclic) bond motifs is 2. The van der Waals surface area contributed by atoms with Gasteiger partial charge in [-0.05, 0) is 43.5 Å². The molecule has 2 aliphatic rings. The Hall–Kier alpha value is -2.42. The number of anilines is 2. The van der Waals surface area contributed by atoms with Gasteiger partial charge in [0.25, 0.3) is 0 Å². The van der Waals surface area contributed by atoms with Crippen LogP contribution in [0, 0.1) is 0 Å². The Balaban J connectivity index is 1.91. The minimum Gasteiger partial charge on any atom is -0.506 e. The number of hydrogen-bond acceptors (Lipinski definition) is 3. The number of hydrogen-bond donors (Lipinski definition) is 1. The quantitative estimate of drug-likeness (QED) is 0.765. The molecule has 21 heavy (non-hydrogen) atoms. The molecule has 4 rings (SSSR count). The van der Waals surface area contributed by atoms with Gasteiger partial charge in [0, 0.05) is 0 Å². The molecule has 0 bridgehead atoms. The van der Waals surface area contributed by atoms with Crippen molar-refractivity contribution < 1.29 is 9.84 Å². The average molecular weight is 279 g/mol. The summed E-state index contributed by atoms with van der Waals surface area (Å²) in [4.78, 5) is 2.21. The molecule has 1 N–H and O–H groups in total. The van der Waals surface area contributed by atoms with Crippen LogP contribution in [0.15, 0.2) is 54.6 Å². The monoisotopic (exact) mass is 279 g/mol. The second kappa shape index (κ2) is 4.85. The minimum absolute atomic E-state index is 0.260. The van der Waals surface area contributed by atoms with Crippen LogP contribution in [0.4, 0.5) is 11.4 Å². The van der Waals surface area contributed by atoms with Gasteiger partial charge < -0.3 is 14.7 Å². The predicted octanol–water partition coefficient (Wildman–Crippen LogP) is 4.74. The first kappa shape index (κ1) is 12.3. The van der Waals surface area contributed by atoms with Crippen molar-refractivity contribution in [1.82, 2.24) is 0 Å². The van der Waals surface area contributed by atoms with Crippen LogP contribution in [0.25, 0.3) is 0 Å². The molecule has 0 saturated heterocycles. The third-order valence-corrected chi connectivity index (χ3v) is 4.12. The lowest BCUT2D eigenvalue weighted by atomic mass is 9.98. The minimum atomic E-state index is 0.260. The van der Waals surface area contributed by atoms with E-state index in [1.165, 1.54) is 6.42 Å². The van der Waals surface area contributed by atoms with Crippen molar-refractivity contribution >= 4 is 11.4 Å². The molecule has 1 atom stereocenters. The Kier molecular flexibility index (Phi) is 2.85. The maximum atomic E-state index is 10.3. The number of allylic oxidation sites excluding steroid dienone is 1. The SMILES string of the molecule is Oc1cccc2c1N(C1C=CCCC1)c1ccccc1O2. The summed E-state index contributed by atoms with van der Waals surface area (Å²) in [5.74, 6) is 1.82. The standard InChI is InChI=1S/C18H17NO2/c20-15-10-6-12-17-18(15)19(13-7-2-1-3-8-13)14-9-4-5-11-16(14)21-17/h2,4-7,9-13,20H,1,3,8H2.